The maximum absolute atomic E-state index is 11.8. The van der Waals surface area contributed by atoms with Gasteiger partial charge in [0.25, 0.3) is 5.56 Å². The maximum Gasteiger partial charge on any atom is 0.252 e. The van der Waals surface area contributed by atoms with Crippen LogP contribution in [0.15, 0.2) is 23.0 Å². The summed E-state index contributed by atoms with van der Waals surface area (Å²) in [7, 11) is 0. The molecular weight excluding hydrogens is 200 g/mol. The fourth-order valence-corrected chi connectivity index (χ4v) is 2.05. The quantitative estimate of drug-likeness (QED) is 0.734. The Morgan fingerprint density at radius 2 is 1.94 bits per heavy atom. The van der Waals surface area contributed by atoms with E-state index in [9.17, 15) is 4.79 Å². The molecule has 0 radical (unpaired) electrons. The highest BCUT2D eigenvalue weighted by molar-refractivity contribution is 5.79. The van der Waals surface area contributed by atoms with Gasteiger partial charge in [0.2, 0.25) is 0 Å². The first-order valence-corrected chi connectivity index (χ1v) is 5.50. The third-order valence-electron chi connectivity index (χ3n) is 2.75. The molecule has 0 aliphatic heterocycles. The van der Waals surface area contributed by atoms with Crippen LogP contribution in [0.1, 0.15) is 31.1 Å². The molecule has 0 aromatic carbocycles. The van der Waals surface area contributed by atoms with Crippen LogP contribution in [0.3, 0.4) is 0 Å². The molecule has 0 spiro atoms. The van der Waals surface area contributed by atoms with Crippen LogP contribution in [0.25, 0.3) is 11.0 Å². The normalized spacial score (nSPS) is 11.3. The van der Waals surface area contributed by atoms with Gasteiger partial charge in [0, 0.05) is 23.2 Å². The van der Waals surface area contributed by atoms with E-state index < -0.39 is 0 Å². The third-order valence-corrected chi connectivity index (χ3v) is 2.75. The smallest absolute Gasteiger partial charge is 0.252 e. The number of aryl methyl sites for hydroxylation is 2. The Bertz CT molecular complexity index is 597. The van der Waals surface area contributed by atoms with E-state index in [-0.39, 0.29) is 11.6 Å². The summed E-state index contributed by atoms with van der Waals surface area (Å²) < 4.78 is 1.75. The summed E-state index contributed by atoms with van der Waals surface area (Å²) in [6, 6.07) is 5.65. The van der Waals surface area contributed by atoms with Crippen molar-refractivity contribution in [3.8, 4) is 0 Å². The second-order valence-corrected chi connectivity index (χ2v) is 4.45. The molecule has 0 aliphatic carbocycles. The Morgan fingerprint density at radius 1 is 1.25 bits per heavy atom. The van der Waals surface area contributed by atoms with Crippen LogP contribution in [0.2, 0.25) is 0 Å². The second kappa shape index (κ2) is 3.74. The van der Waals surface area contributed by atoms with Gasteiger partial charge in [-0.15, -0.1) is 0 Å². The molecular formula is C13H16N2O. The fourth-order valence-electron chi connectivity index (χ4n) is 2.05. The molecule has 0 saturated heterocycles. The monoisotopic (exact) mass is 216 g/mol. The van der Waals surface area contributed by atoms with Crippen molar-refractivity contribution in [3.63, 3.8) is 0 Å². The number of aromatic nitrogens is 2. The molecule has 0 amide bonds. The lowest BCUT2D eigenvalue weighted by Gasteiger charge is -2.14. The lowest BCUT2D eigenvalue weighted by molar-refractivity contribution is 0.595. The molecule has 0 atom stereocenters. The fraction of sp³-hybridized carbons (Fsp3) is 0.385. The van der Waals surface area contributed by atoms with Crippen molar-refractivity contribution in [2.75, 3.05) is 0 Å². The molecule has 2 aromatic heterocycles. The highest BCUT2D eigenvalue weighted by atomic mass is 16.1. The zero-order valence-corrected chi connectivity index (χ0v) is 10.1. The highest BCUT2D eigenvalue weighted by Crippen LogP contribution is 2.18. The third kappa shape index (κ3) is 1.62. The van der Waals surface area contributed by atoms with E-state index in [4.69, 9.17) is 0 Å². The standard InChI is InChI=1S/C13H16N2O/c1-8(2)15-12(16)6-5-11-9(3)7-10(4)14-13(11)15/h5-8H,1-4H3. The number of fused-ring (bicyclic) bond motifs is 1. The minimum absolute atomic E-state index is 0.0139. The maximum atomic E-state index is 11.8. The molecule has 0 bridgehead atoms. The molecule has 0 saturated carbocycles. The van der Waals surface area contributed by atoms with Crippen molar-refractivity contribution < 1.29 is 0 Å². The minimum atomic E-state index is 0.0139. The van der Waals surface area contributed by atoms with E-state index in [0.29, 0.717) is 0 Å². The Labute approximate surface area is 94.7 Å². The van der Waals surface area contributed by atoms with E-state index in [1.165, 1.54) is 0 Å². The van der Waals surface area contributed by atoms with Crippen molar-refractivity contribution in [3.05, 3.63) is 39.8 Å². The predicted molar refractivity (Wildman–Crippen MR) is 65.9 cm³/mol. The molecule has 3 nitrogen and oxygen atoms in total. The van der Waals surface area contributed by atoms with Gasteiger partial charge >= 0.3 is 0 Å². The molecule has 84 valence electrons. The lowest BCUT2D eigenvalue weighted by Crippen LogP contribution is -2.22. The van der Waals surface area contributed by atoms with Gasteiger partial charge in [0.1, 0.15) is 5.65 Å². The Morgan fingerprint density at radius 3 is 2.56 bits per heavy atom. The van der Waals surface area contributed by atoms with Gasteiger partial charge in [-0.05, 0) is 45.4 Å². The van der Waals surface area contributed by atoms with E-state index in [0.717, 1.165) is 22.3 Å². The van der Waals surface area contributed by atoms with Crippen molar-refractivity contribution in [2.24, 2.45) is 0 Å². The lowest BCUT2D eigenvalue weighted by atomic mass is 10.1. The van der Waals surface area contributed by atoms with E-state index in [1.54, 1.807) is 10.6 Å². The SMILES string of the molecule is Cc1cc(C)c2ccc(=O)n(C(C)C)c2n1. The molecule has 2 aromatic rings. The summed E-state index contributed by atoms with van der Waals surface area (Å²) in [5.41, 5.74) is 2.92. The highest BCUT2D eigenvalue weighted by Gasteiger charge is 2.09. The largest absolute Gasteiger partial charge is 0.290 e. The Kier molecular flexibility index (Phi) is 2.54. The molecule has 3 heteroatoms. The van der Waals surface area contributed by atoms with Crippen molar-refractivity contribution in [1.82, 2.24) is 9.55 Å². The minimum Gasteiger partial charge on any atom is -0.290 e. The molecule has 0 N–H and O–H groups in total. The first-order chi connectivity index (χ1) is 7.50. The first-order valence-electron chi connectivity index (χ1n) is 5.50. The van der Waals surface area contributed by atoms with Crippen LogP contribution in [-0.2, 0) is 0 Å². The molecule has 2 rings (SSSR count). The number of hydrogen-bond donors (Lipinski definition) is 0. The van der Waals surface area contributed by atoms with Crippen molar-refractivity contribution in [1.29, 1.82) is 0 Å². The van der Waals surface area contributed by atoms with Crippen molar-refractivity contribution >= 4 is 11.0 Å². The van der Waals surface area contributed by atoms with Crippen LogP contribution < -0.4 is 5.56 Å². The molecule has 0 unspecified atom stereocenters. The van der Waals surface area contributed by atoms with Gasteiger partial charge in [-0.2, -0.15) is 0 Å². The summed E-state index contributed by atoms with van der Waals surface area (Å²) in [6.07, 6.45) is 0. The molecule has 0 aliphatic rings. The van der Waals surface area contributed by atoms with Crippen LogP contribution in [0, 0.1) is 13.8 Å². The van der Waals surface area contributed by atoms with Gasteiger partial charge in [-0.3, -0.25) is 9.36 Å². The molecule has 16 heavy (non-hydrogen) atoms. The van der Waals surface area contributed by atoms with Gasteiger partial charge in [-0.1, -0.05) is 0 Å². The van der Waals surface area contributed by atoms with Crippen LogP contribution in [0.4, 0.5) is 0 Å². The zero-order chi connectivity index (χ0) is 11.9. The summed E-state index contributed by atoms with van der Waals surface area (Å²) >= 11 is 0. The van der Waals surface area contributed by atoms with Crippen LogP contribution in [0.5, 0.6) is 0 Å². The Balaban J connectivity index is 2.97. The van der Waals surface area contributed by atoms with E-state index >= 15 is 0 Å². The number of hydrogen-bond acceptors (Lipinski definition) is 2. The van der Waals surface area contributed by atoms with Crippen LogP contribution >= 0.6 is 0 Å². The van der Waals surface area contributed by atoms with Crippen LogP contribution in [-0.4, -0.2) is 9.55 Å². The zero-order valence-electron chi connectivity index (χ0n) is 10.1. The number of pyridine rings is 2. The van der Waals surface area contributed by atoms with Gasteiger partial charge < -0.3 is 0 Å². The van der Waals surface area contributed by atoms with Gasteiger partial charge in [0.05, 0.1) is 0 Å². The number of rotatable bonds is 1. The number of nitrogens with zero attached hydrogens (tertiary/aromatic N) is 2. The average Bonchev–Trinajstić information content (AvgIpc) is 2.15. The summed E-state index contributed by atoms with van der Waals surface area (Å²) in [6.45, 7) is 8.00. The summed E-state index contributed by atoms with van der Waals surface area (Å²) in [5.74, 6) is 0. The predicted octanol–water partition coefficient (Wildman–Crippen LogP) is 2.59. The van der Waals surface area contributed by atoms with Crippen molar-refractivity contribution in [2.45, 2.75) is 33.7 Å². The summed E-state index contributed by atoms with van der Waals surface area (Å²) in [5, 5.41) is 1.05. The topological polar surface area (TPSA) is 34.9 Å². The van der Waals surface area contributed by atoms with E-state index in [1.807, 2.05) is 39.8 Å². The first kappa shape index (κ1) is 10.9. The van der Waals surface area contributed by atoms with Gasteiger partial charge in [-0.25, -0.2) is 4.98 Å². The molecule has 2 heterocycles. The van der Waals surface area contributed by atoms with E-state index in [2.05, 4.69) is 4.98 Å². The average molecular weight is 216 g/mol. The Hall–Kier alpha value is -1.64. The molecule has 0 fully saturated rings. The van der Waals surface area contributed by atoms with Gasteiger partial charge in [0.15, 0.2) is 0 Å². The summed E-state index contributed by atoms with van der Waals surface area (Å²) in [4.78, 5) is 16.3. The second-order valence-electron chi connectivity index (χ2n) is 4.45.